The fraction of sp³-hybridized carbons (Fsp3) is 0.500. The van der Waals surface area contributed by atoms with Gasteiger partial charge in [0, 0.05) is 13.0 Å². The van der Waals surface area contributed by atoms with Crippen molar-refractivity contribution in [2.75, 3.05) is 19.6 Å². The molecule has 1 saturated heterocycles. The van der Waals surface area contributed by atoms with E-state index in [-0.39, 0.29) is 5.41 Å². The van der Waals surface area contributed by atoms with E-state index in [0.29, 0.717) is 12.0 Å². The molecule has 19 heavy (non-hydrogen) atoms. The van der Waals surface area contributed by atoms with Gasteiger partial charge in [-0.15, -0.1) is 0 Å². The molecule has 1 fully saturated rings. The van der Waals surface area contributed by atoms with Crippen molar-refractivity contribution in [2.45, 2.75) is 26.2 Å². The SMILES string of the molecule is C=C/C(C#N)=C\C(=C)CN1CCC(C)(CC#N)CC1. The topological polar surface area (TPSA) is 50.8 Å². The van der Waals surface area contributed by atoms with Gasteiger partial charge in [0.1, 0.15) is 0 Å². The maximum atomic E-state index is 8.83. The van der Waals surface area contributed by atoms with E-state index in [0.717, 1.165) is 38.0 Å². The van der Waals surface area contributed by atoms with E-state index in [4.69, 9.17) is 10.5 Å². The number of likely N-dealkylation sites (tertiary alicyclic amines) is 1. The number of nitriles is 2. The summed E-state index contributed by atoms with van der Waals surface area (Å²) in [5.74, 6) is 0. The van der Waals surface area contributed by atoms with E-state index in [2.05, 4.69) is 37.1 Å². The molecule has 3 nitrogen and oxygen atoms in total. The molecule has 0 spiro atoms. The minimum atomic E-state index is 0.168. The molecule has 0 aromatic heterocycles. The summed E-state index contributed by atoms with van der Waals surface area (Å²) >= 11 is 0. The molecule has 1 rings (SSSR count). The fourth-order valence-electron chi connectivity index (χ4n) is 2.31. The van der Waals surface area contributed by atoms with Crippen LogP contribution < -0.4 is 0 Å². The van der Waals surface area contributed by atoms with Crippen LogP contribution in [0.1, 0.15) is 26.2 Å². The molecule has 1 aliphatic rings. The average molecular weight is 255 g/mol. The summed E-state index contributed by atoms with van der Waals surface area (Å²) in [6, 6.07) is 4.36. The predicted molar refractivity (Wildman–Crippen MR) is 77.0 cm³/mol. The molecule has 0 N–H and O–H groups in total. The summed E-state index contributed by atoms with van der Waals surface area (Å²) in [6.45, 7) is 12.5. The van der Waals surface area contributed by atoms with Gasteiger partial charge in [0.05, 0.1) is 17.7 Å². The smallest absolute Gasteiger partial charge is 0.0991 e. The second-order valence-electron chi connectivity index (χ2n) is 5.50. The molecule has 0 unspecified atom stereocenters. The van der Waals surface area contributed by atoms with Gasteiger partial charge in [0.15, 0.2) is 0 Å². The third kappa shape index (κ3) is 4.73. The number of piperidine rings is 1. The minimum Gasteiger partial charge on any atom is -0.299 e. The Morgan fingerprint density at radius 2 is 2.00 bits per heavy atom. The lowest BCUT2D eigenvalue weighted by molar-refractivity contribution is 0.130. The first kappa shape index (κ1) is 15.2. The average Bonchev–Trinajstić information content (AvgIpc) is 2.39. The Hall–Kier alpha value is -1.84. The highest BCUT2D eigenvalue weighted by Gasteiger charge is 2.29. The highest BCUT2D eigenvalue weighted by molar-refractivity contribution is 5.38. The zero-order chi connectivity index (χ0) is 14.3. The highest BCUT2D eigenvalue weighted by Crippen LogP contribution is 2.34. The van der Waals surface area contributed by atoms with Crippen LogP contribution in [0.2, 0.25) is 0 Å². The van der Waals surface area contributed by atoms with Gasteiger partial charge < -0.3 is 0 Å². The molecule has 0 radical (unpaired) electrons. The molecule has 0 aliphatic carbocycles. The molecule has 0 aromatic carbocycles. The minimum absolute atomic E-state index is 0.168. The molecule has 0 aromatic rings. The van der Waals surface area contributed by atoms with Crippen molar-refractivity contribution < 1.29 is 0 Å². The largest absolute Gasteiger partial charge is 0.299 e. The lowest BCUT2D eigenvalue weighted by Crippen LogP contribution is -2.39. The molecule has 0 bridgehead atoms. The Balaban J connectivity index is 2.48. The normalized spacial score (nSPS) is 19.2. The lowest BCUT2D eigenvalue weighted by Gasteiger charge is -2.38. The molecule has 0 saturated carbocycles. The molecule has 1 aliphatic heterocycles. The van der Waals surface area contributed by atoms with Crippen LogP contribution in [-0.4, -0.2) is 24.5 Å². The van der Waals surface area contributed by atoms with Crippen molar-refractivity contribution in [3.05, 3.63) is 36.5 Å². The fourth-order valence-corrected chi connectivity index (χ4v) is 2.31. The second-order valence-corrected chi connectivity index (χ2v) is 5.50. The van der Waals surface area contributed by atoms with Crippen LogP contribution in [-0.2, 0) is 0 Å². The van der Waals surface area contributed by atoms with Gasteiger partial charge in [0.2, 0.25) is 0 Å². The summed E-state index contributed by atoms with van der Waals surface area (Å²) in [5.41, 5.74) is 1.65. The van der Waals surface area contributed by atoms with E-state index in [1.54, 1.807) is 12.2 Å². The zero-order valence-corrected chi connectivity index (χ0v) is 11.7. The maximum absolute atomic E-state index is 8.83. The third-order valence-corrected chi connectivity index (χ3v) is 3.70. The first-order valence-corrected chi connectivity index (χ1v) is 6.54. The summed E-state index contributed by atoms with van der Waals surface area (Å²) < 4.78 is 0. The van der Waals surface area contributed by atoms with Gasteiger partial charge in [0.25, 0.3) is 0 Å². The quantitative estimate of drug-likeness (QED) is 0.560. The van der Waals surface area contributed by atoms with Crippen LogP contribution in [0.4, 0.5) is 0 Å². The van der Waals surface area contributed by atoms with Crippen LogP contribution in [0.15, 0.2) is 36.5 Å². The summed E-state index contributed by atoms with van der Waals surface area (Å²) in [4.78, 5) is 2.33. The van der Waals surface area contributed by atoms with Gasteiger partial charge in [-0.2, -0.15) is 10.5 Å². The van der Waals surface area contributed by atoms with Crippen LogP contribution in [0.5, 0.6) is 0 Å². The van der Waals surface area contributed by atoms with E-state index < -0.39 is 0 Å². The molecule has 100 valence electrons. The number of rotatable bonds is 5. The first-order chi connectivity index (χ1) is 9.03. The molecule has 0 atom stereocenters. The number of hydrogen-bond donors (Lipinski definition) is 0. The van der Waals surface area contributed by atoms with Crippen molar-refractivity contribution >= 4 is 0 Å². The van der Waals surface area contributed by atoms with Gasteiger partial charge in [-0.3, -0.25) is 4.90 Å². The standard InChI is InChI=1S/C16H21N3/c1-4-15(12-18)11-14(2)13-19-9-6-16(3,5-8-17)7-10-19/h4,11H,1-2,5-7,9-10,13H2,3H3/b15-11+. The second kappa shape index (κ2) is 6.92. The van der Waals surface area contributed by atoms with Gasteiger partial charge in [-0.1, -0.05) is 26.2 Å². The Morgan fingerprint density at radius 1 is 1.37 bits per heavy atom. The van der Waals surface area contributed by atoms with Crippen molar-refractivity contribution in [3.63, 3.8) is 0 Å². The van der Waals surface area contributed by atoms with E-state index in [1.807, 2.05) is 0 Å². The molecule has 1 heterocycles. The van der Waals surface area contributed by atoms with Crippen molar-refractivity contribution in [1.29, 1.82) is 10.5 Å². The lowest BCUT2D eigenvalue weighted by atomic mass is 9.78. The van der Waals surface area contributed by atoms with E-state index in [9.17, 15) is 0 Å². The molecule has 0 amide bonds. The van der Waals surface area contributed by atoms with Gasteiger partial charge >= 0.3 is 0 Å². The van der Waals surface area contributed by atoms with Crippen molar-refractivity contribution in [2.24, 2.45) is 5.41 Å². The van der Waals surface area contributed by atoms with Crippen molar-refractivity contribution in [1.82, 2.24) is 4.90 Å². The molecule has 3 heteroatoms. The van der Waals surface area contributed by atoms with Gasteiger partial charge in [-0.05, 0) is 43.0 Å². The van der Waals surface area contributed by atoms with Crippen LogP contribution in [0, 0.1) is 28.1 Å². The Bertz CT molecular complexity index is 451. The maximum Gasteiger partial charge on any atom is 0.0991 e. The van der Waals surface area contributed by atoms with Crippen LogP contribution in [0.25, 0.3) is 0 Å². The Kier molecular flexibility index (Phi) is 5.55. The molecular formula is C16H21N3. The summed E-state index contributed by atoms with van der Waals surface area (Å²) in [6.07, 6.45) is 6.06. The first-order valence-electron chi connectivity index (χ1n) is 6.54. The van der Waals surface area contributed by atoms with Gasteiger partial charge in [-0.25, -0.2) is 0 Å². The van der Waals surface area contributed by atoms with Crippen LogP contribution >= 0.6 is 0 Å². The predicted octanol–water partition coefficient (Wildman–Crippen LogP) is 3.19. The number of hydrogen-bond acceptors (Lipinski definition) is 3. The number of nitrogens with zero attached hydrogens (tertiary/aromatic N) is 3. The summed E-state index contributed by atoms with van der Waals surface area (Å²) in [5, 5.41) is 17.7. The number of allylic oxidation sites excluding steroid dienone is 2. The van der Waals surface area contributed by atoms with Crippen LogP contribution in [0.3, 0.4) is 0 Å². The Labute approximate surface area is 116 Å². The third-order valence-electron chi connectivity index (χ3n) is 3.70. The summed E-state index contributed by atoms with van der Waals surface area (Å²) in [7, 11) is 0. The van der Waals surface area contributed by atoms with E-state index in [1.165, 1.54) is 0 Å². The monoisotopic (exact) mass is 255 g/mol. The zero-order valence-electron chi connectivity index (χ0n) is 11.7. The van der Waals surface area contributed by atoms with E-state index >= 15 is 0 Å². The highest BCUT2D eigenvalue weighted by atomic mass is 15.1. The Morgan fingerprint density at radius 3 is 2.47 bits per heavy atom. The van der Waals surface area contributed by atoms with Crippen molar-refractivity contribution in [3.8, 4) is 12.1 Å². The molecular weight excluding hydrogens is 234 g/mol.